The van der Waals surface area contributed by atoms with E-state index >= 15 is 0 Å². The molecule has 0 aromatic heterocycles. The lowest BCUT2D eigenvalue weighted by atomic mass is 9.91. The van der Waals surface area contributed by atoms with Gasteiger partial charge in [0.25, 0.3) is 0 Å². The number of rotatable bonds is 4. The minimum Gasteiger partial charge on any atom is -0.394 e. The molecule has 1 saturated heterocycles. The summed E-state index contributed by atoms with van der Waals surface area (Å²) in [6.45, 7) is 3.59. The molecule has 0 amide bonds. The average molecular weight is 188 g/mol. The van der Waals surface area contributed by atoms with Crippen molar-refractivity contribution in [1.82, 2.24) is 4.90 Å². The predicted molar refractivity (Wildman–Crippen MR) is 51.6 cm³/mol. The van der Waals surface area contributed by atoms with E-state index in [-0.39, 0.29) is 12.1 Å². The second-order valence-electron chi connectivity index (χ2n) is 3.89. The predicted octanol–water partition coefficient (Wildman–Crippen LogP) is -0.582. The third kappa shape index (κ3) is 3.23. The van der Waals surface area contributed by atoms with Crippen molar-refractivity contribution in [2.45, 2.75) is 18.4 Å². The van der Waals surface area contributed by atoms with Crippen LogP contribution in [0, 0.1) is 0 Å². The SMILES string of the molecule is COCCN1CCCC(N)(CO)C1. The summed E-state index contributed by atoms with van der Waals surface area (Å²) in [7, 11) is 1.70. The van der Waals surface area contributed by atoms with Gasteiger partial charge in [0.15, 0.2) is 0 Å². The van der Waals surface area contributed by atoms with Crippen molar-refractivity contribution in [1.29, 1.82) is 0 Å². The molecule has 1 unspecified atom stereocenters. The Labute approximate surface area is 79.7 Å². The first-order valence-electron chi connectivity index (χ1n) is 4.81. The number of likely N-dealkylation sites (tertiary alicyclic amines) is 1. The van der Waals surface area contributed by atoms with Crippen molar-refractivity contribution in [3.63, 3.8) is 0 Å². The molecule has 0 radical (unpaired) electrons. The molecule has 0 aliphatic carbocycles. The van der Waals surface area contributed by atoms with Crippen molar-refractivity contribution in [3.8, 4) is 0 Å². The molecule has 1 aliphatic rings. The van der Waals surface area contributed by atoms with E-state index in [9.17, 15) is 0 Å². The van der Waals surface area contributed by atoms with Crippen LogP contribution in [0.15, 0.2) is 0 Å². The molecule has 13 heavy (non-hydrogen) atoms. The minimum atomic E-state index is -0.383. The van der Waals surface area contributed by atoms with Crippen LogP contribution in [0.3, 0.4) is 0 Å². The van der Waals surface area contributed by atoms with Crippen LogP contribution in [0.5, 0.6) is 0 Å². The summed E-state index contributed by atoms with van der Waals surface area (Å²) >= 11 is 0. The Kier molecular flexibility index (Phi) is 4.12. The van der Waals surface area contributed by atoms with E-state index in [1.165, 1.54) is 0 Å². The van der Waals surface area contributed by atoms with E-state index in [1.54, 1.807) is 7.11 Å². The maximum absolute atomic E-state index is 9.11. The van der Waals surface area contributed by atoms with Gasteiger partial charge in [0, 0.05) is 20.2 Å². The second-order valence-corrected chi connectivity index (χ2v) is 3.89. The Morgan fingerprint density at radius 3 is 3.00 bits per heavy atom. The molecule has 0 saturated carbocycles. The molecule has 78 valence electrons. The Morgan fingerprint density at radius 2 is 2.38 bits per heavy atom. The number of aliphatic hydroxyl groups is 1. The first-order chi connectivity index (χ1) is 6.20. The highest BCUT2D eigenvalue weighted by Crippen LogP contribution is 2.17. The van der Waals surface area contributed by atoms with Crippen LogP contribution in [0.1, 0.15) is 12.8 Å². The molecular weight excluding hydrogens is 168 g/mol. The lowest BCUT2D eigenvalue weighted by molar-refractivity contribution is 0.0728. The zero-order chi connectivity index (χ0) is 9.73. The van der Waals surface area contributed by atoms with Crippen molar-refractivity contribution >= 4 is 0 Å². The van der Waals surface area contributed by atoms with Crippen molar-refractivity contribution in [2.75, 3.05) is 40.0 Å². The fraction of sp³-hybridized carbons (Fsp3) is 1.00. The van der Waals surface area contributed by atoms with Gasteiger partial charge >= 0.3 is 0 Å². The number of aliphatic hydroxyl groups excluding tert-OH is 1. The smallest absolute Gasteiger partial charge is 0.0623 e. The average Bonchev–Trinajstić information content (AvgIpc) is 2.15. The Balaban J connectivity index is 2.33. The number of methoxy groups -OCH3 is 1. The van der Waals surface area contributed by atoms with Crippen molar-refractivity contribution < 1.29 is 9.84 Å². The van der Waals surface area contributed by atoms with Crippen LogP contribution in [-0.4, -0.2) is 55.5 Å². The van der Waals surface area contributed by atoms with E-state index in [4.69, 9.17) is 15.6 Å². The number of piperidine rings is 1. The molecule has 3 N–H and O–H groups in total. The van der Waals surface area contributed by atoms with Gasteiger partial charge in [-0.1, -0.05) is 0 Å². The summed E-state index contributed by atoms with van der Waals surface area (Å²) in [4.78, 5) is 2.25. The highest BCUT2D eigenvalue weighted by molar-refractivity contribution is 4.90. The van der Waals surface area contributed by atoms with E-state index in [0.29, 0.717) is 0 Å². The number of hydrogen-bond donors (Lipinski definition) is 2. The van der Waals surface area contributed by atoms with E-state index in [2.05, 4.69) is 4.90 Å². The van der Waals surface area contributed by atoms with Gasteiger partial charge in [-0.15, -0.1) is 0 Å². The number of nitrogens with zero attached hydrogens (tertiary/aromatic N) is 1. The van der Waals surface area contributed by atoms with Gasteiger partial charge in [0.1, 0.15) is 0 Å². The van der Waals surface area contributed by atoms with Crippen LogP contribution < -0.4 is 5.73 Å². The highest BCUT2D eigenvalue weighted by atomic mass is 16.5. The van der Waals surface area contributed by atoms with E-state index in [1.807, 2.05) is 0 Å². The summed E-state index contributed by atoms with van der Waals surface area (Å²) in [6.07, 6.45) is 1.99. The summed E-state index contributed by atoms with van der Waals surface area (Å²) < 4.78 is 5.00. The second kappa shape index (κ2) is 4.91. The summed E-state index contributed by atoms with van der Waals surface area (Å²) in [6, 6.07) is 0. The number of nitrogens with two attached hydrogens (primary N) is 1. The highest BCUT2D eigenvalue weighted by Gasteiger charge is 2.30. The molecule has 4 nitrogen and oxygen atoms in total. The zero-order valence-electron chi connectivity index (χ0n) is 8.33. The maximum Gasteiger partial charge on any atom is 0.0623 e. The lowest BCUT2D eigenvalue weighted by Gasteiger charge is -2.38. The minimum absolute atomic E-state index is 0.0798. The molecule has 1 atom stereocenters. The fourth-order valence-electron chi connectivity index (χ4n) is 1.80. The molecule has 4 heteroatoms. The zero-order valence-corrected chi connectivity index (χ0v) is 8.33. The van der Waals surface area contributed by atoms with Crippen LogP contribution in [0.25, 0.3) is 0 Å². The van der Waals surface area contributed by atoms with Gasteiger partial charge in [-0.2, -0.15) is 0 Å². The molecule has 0 aromatic carbocycles. The lowest BCUT2D eigenvalue weighted by Crippen LogP contribution is -2.57. The Hall–Kier alpha value is -0.160. The number of ether oxygens (including phenoxy) is 1. The fourth-order valence-corrected chi connectivity index (χ4v) is 1.80. The molecule has 0 spiro atoms. The molecule has 0 aromatic rings. The third-order valence-corrected chi connectivity index (χ3v) is 2.61. The van der Waals surface area contributed by atoms with Gasteiger partial charge in [0.05, 0.1) is 18.8 Å². The van der Waals surface area contributed by atoms with Gasteiger partial charge < -0.3 is 15.6 Å². The van der Waals surface area contributed by atoms with Gasteiger partial charge in [-0.3, -0.25) is 4.90 Å². The molecule has 1 fully saturated rings. The topological polar surface area (TPSA) is 58.7 Å². The van der Waals surface area contributed by atoms with Gasteiger partial charge in [-0.25, -0.2) is 0 Å². The number of hydrogen-bond acceptors (Lipinski definition) is 4. The van der Waals surface area contributed by atoms with Crippen molar-refractivity contribution in [2.24, 2.45) is 5.73 Å². The standard InChI is InChI=1S/C9H20N2O2/c1-13-6-5-11-4-2-3-9(10,7-11)8-12/h12H,2-8,10H2,1H3. The van der Waals surface area contributed by atoms with Crippen LogP contribution >= 0.6 is 0 Å². The molecule has 1 rings (SSSR count). The Morgan fingerprint density at radius 1 is 1.62 bits per heavy atom. The first-order valence-corrected chi connectivity index (χ1v) is 4.81. The monoisotopic (exact) mass is 188 g/mol. The Bertz CT molecular complexity index is 155. The van der Waals surface area contributed by atoms with Gasteiger partial charge in [0.2, 0.25) is 0 Å². The first kappa shape index (κ1) is 10.9. The largest absolute Gasteiger partial charge is 0.394 e. The summed E-state index contributed by atoms with van der Waals surface area (Å²) in [5.74, 6) is 0. The molecule has 1 aliphatic heterocycles. The third-order valence-electron chi connectivity index (χ3n) is 2.61. The maximum atomic E-state index is 9.11. The van der Waals surface area contributed by atoms with E-state index < -0.39 is 0 Å². The normalized spacial score (nSPS) is 30.7. The molecule has 1 heterocycles. The van der Waals surface area contributed by atoms with Crippen molar-refractivity contribution in [3.05, 3.63) is 0 Å². The van der Waals surface area contributed by atoms with Gasteiger partial charge in [-0.05, 0) is 19.4 Å². The quantitative estimate of drug-likeness (QED) is 0.619. The van der Waals surface area contributed by atoms with Crippen LogP contribution in [0.4, 0.5) is 0 Å². The van der Waals surface area contributed by atoms with Crippen LogP contribution in [0.2, 0.25) is 0 Å². The van der Waals surface area contributed by atoms with Crippen LogP contribution in [-0.2, 0) is 4.74 Å². The summed E-state index contributed by atoms with van der Waals surface area (Å²) in [5, 5.41) is 9.11. The molecular formula is C9H20N2O2. The molecule has 0 bridgehead atoms. The van der Waals surface area contributed by atoms with E-state index in [0.717, 1.165) is 39.1 Å². The summed E-state index contributed by atoms with van der Waals surface area (Å²) in [5.41, 5.74) is 5.61.